The molecule has 0 fully saturated rings. The Hall–Kier alpha value is -3.79. The molecule has 0 saturated carbocycles. The number of nitrogens with zero attached hydrogens (tertiary/aromatic N) is 2. The van der Waals surface area contributed by atoms with Crippen LogP contribution in [0.2, 0.25) is 0 Å². The van der Waals surface area contributed by atoms with Gasteiger partial charge in [0.1, 0.15) is 5.76 Å². The summed E-state index contributed by atoms with van der Waals surface area (Å²) in [6.45, 7) is 1.90. The van der Waals surface area contributed by atoms with Crippen LogP contribution >= 0.6 is 0 Å². The Balaban J connectivity index is 1.65. The summed E-state index contributed by atoms with van der Waals surface area (Å²) < 4.78 is 44.1. The SMILES string of the molecule is CCOC(=O)c1ccc(Cn2c(=O)oc3cc(S(=O)(=O)N(C)c4ccccc4)ccc32)o1. The molecule has 10 heteroatoms. The van der Waals surface area contributed by atoms with Gasteiger partial charge in [-0.2, -0.15) is 0 Å². The highest BCUT2D eigenvalue weighted by atomic mass is 32.2. The van der Waals surface area contributed by atoms with E-state index >= 15 is 0 Å². The normalized spacial score (nSPS) is 11.6. The number of benzene rings is 2. The van der Waals surface area contributed by atoms with E-state index in [0.717, 1.165) is 4.31 Å². The van der Waals surface area contributed by atoms with Crippen LogP contribution in [0.3, 0.4) is 0 Å². The summed E-state index contributed by atoms with van der Waals surface area (Å²) in [5.74, 6) is -0.904. The second-order valence-corrected chi connectivity index (χ2v) is 8.85. The molecule has 0 N–H and O–H groups in total. The van der Waals surface area contributed by atoms with Crippen molar-refractivity contribution in [3.63, 3.8) is 0 Å². The van der Waals surface area contributed by atoms with Crippen molar-refractivity contribution in [3.8, 4) is 0 Å². The maximum atomic E-state index is 13.0. The third kappa shape index (κ3) is 3.92. The molecule has 4 rings (SSSR count). The molecule has 2 aromatic carbocycles. The van der Waals surface area contributed by atoms with E-state index in [1.54, 1.807) is 43.3 Å². The number of carbonyl (C=O) groups is 1. The number of oxazole rings is 1. The molecule has 0 saturated heterocycles. The highest BCUT2D eigenvalue weighted by molar-refractivity contribution is 7.92. The van der Waals surface area contributed by atoms with Crippen molar-refractivity contribution in [2.75, 3.05) is 18.0 Å². The summed E-state index contributed by atoms with van der Waals surface area (Å²) in [5.41, 5.74) is 1.02. The minimum absolute atomic E-state index is 0.00124. The van der Waals surface area contributed by atoms with Gasteiger partial charge in [0.2, 0.25) is 5.76 Å². The average molecular weight is 456 g/mol. The number of hydrogen-bond acceptors (Lipinski definition) is 7. The minimum Gasteiger partial charge on any atom is -0.460 e. The first kappa shape index (κ1) is 21.4. The predicted molar refractivity (Wildman–Crippen MR) is 116 cm³/mol. The second kappa shape index (κ2) is 8.39. The number of esters is 1. The van der Waals surface area contributed by atoms with Crippen molar-refractivity contribution in [1.82, 2.24) is 4.57 Å². The monoisotopic (exact) mass is 456 g/mol. The number of rotatable bonds is 7. The van der Waals surface area contributed by atoms with E-state index in [1.165, 1.54) is 35.9 Å². The number of aromatic nitrogens is 1. The zero-order valence-electron chi connectivity index (χ0n) is 17.3. The van der Waals surface area contributed by atoms with Crippen LogP contribution in [0.4, 0.5) is 5.69 Å². The largest absolute Gasteiger partial charge is 0.460 e. The number of para-hydroxylation sites is 1. The Labute approximate surface area is 183 Å². The van der Waals surface area contributed by atoms with Crippen molar-refractivity contribution in [2.24, 2.45) is 0 Å². The Morgan fingerprint density at radius 3 is 2.53 bits per heavy atom. The summed E-state index contributed by atoms with van der Waals surface area (Å²) in [7, 11) is -2.41. The molecule has 0 unspecified atom stereocenters. The molecular weight excluding hydrogens is 436 g/mol. The minimum atomic E-state index is -3.87. The van der Waals surface area contributed by atoms with E-state index in [9.17, 15) is 18.0 Å². The van der Waals surface area contributed by atoms with E-state index < -0.39 is 21.7 Å². The first-order chi connectivity index (χ1) is 15.3. The summed E-state index contributed by atoms with van der Waals surface area (Å²) in [6.07, 6.45) is 0. The van der Waals surface area contributed by atoms with Crippen LogP contribution in [0.5, 0.6) is 0 Å². The zero-order chi connectivity index (χ0) is 22.9. The third-order valence-electron chi connectivity index (χ3n) is 4.87. The third-order valence-corrected chi connectivity index (χ3v) is 6.65. The van der Waals surface area contributed by atoms with Crippen molar-refractivity contribution < 1.29 is 26.8 Å². The first-order valence-electron chi connectivity index (χ1n) is 9.74. The topological polar surface area (TPSA) is 112 Å². The number of sulfonamides is 1. The molecule has 0 aliphatic carbocycles. The number of carbonyl (C=O) groups excluding carboxylic acids is 1. The highest BCUT2D eigenvalue weighted by Crippen LogP contribution is 2.25. The van der Waals surface area contributed by atoms with Crippen LogP contribution < -0.4 is 10.1 Å². The average Bonchev–Trinajstić information content (AvgIpc) is 3.38. The van der Waals surface area contributed by atoms with E-state index in [0.29, 0.717) is 17.0 Å². The summed E-state index contributed by atoms with van der Waals surface area (Å²) >= 11 is 0. The van der Waals surface area contributed by atoms with E-state index in [4.69, 9.17) is 13.6 Å². The van der Waals surface area contributed by atoms with Gasteiger partial charge < -0.3 is 13.6 Å². The van der Waals surface area contributed by atoms with Gasteiger partial charge in [0.15, 0.2) is 5.58 Å². The molecule has 32 heavy (non-hydrogen) atoms. The van der Waals surface area contributed by atoms with Crippen molar-refractivity contribution in [1.29, 1.82) is 0 Å². The lowest BCUT2D eigenvalue weighted by Crippen LogP contribution is -2.26. The fourth-order valence-electron chi connectivity index (χ4n) is 3.22. The van der Waals surface area contributed by atoms with Crippen LogP contribution in [0.25, 0.3) is 11.1 Å². The number of ether oxygens (including phenoxy) is 1. The second-order valence-electron chi connectivity index (χ2n) is 6.88. The van der Waals surface area contributed by atoms with Gasteiger partial charge >= 0.3 is 11.7 Å². The van der Waals surface area contributed by atoms with Crippen LogP contribution in [0, 0.1) is 0 Å². The Morgan fingerprint density at radius 2 is 1.81 bits per heavy atom. The smallest absolute Gasteiger partial charge is 0.420 e. The molecule has 2 heterocycles. The molecule has 166 valence electrons. The van der Waals surface area contributed by atoms with Gasteiger partial charge in [-0.15, -0.1) is 0 Å². The van der Waals surface area contributed by atoms with Gasteiger partial charge in [-0.3, -0.25) is 8.87 Å². The van der Waals surface area contributed by atoms with E-state index in [1.807, 2.05) is 0 Å². The van der Waals surface area contributed by atoms with Crippen LogP contribution in [0.15, 0.2) is 79.2 Å². The van der Waals surface area contributed by atoms with Crippen molar-refractivity contribution >= 4 is 32.8 Å². The van der Waals surface area contributed by atoms with Gasteiger partial charge in [0, 0.05) is 13.1 Å². The molecule has 0 radical (unpaired) electrons. The molecule has 0 atom stereocenters. The fourth-order valence-corrected chi connectivity index (χ4v) is 4.43. The molecule has 0 bridgehead atoms. The number of furan rings is 1. The Bertz CT molecular complexity index is 1430. The lowest BCUT2D eigenvalue weighted by molar-refractivity contribution is 0.0488. The molecule has 4 aromatic rings. The standard InChI is InChI=1S/C22H20N2O7S/c1-3-29-21(25)19-12-9-16(30-19)14-24-18-11-10-17(13-20(18)31-22(24)26)32(27,28)23(2)15-7-5-4-6-8-15/h4-13H,3,14H2,1-2H3. The molecular formula is C22H20N2O7S. The molecule has 9 nitrogen and oxygen atoms in total. The van der Waals surface area contributed by atoms with Gasteiger partial charge in [-0.1, -0.05) is 18.2 Å². The molecule has 2 aromatic heterocycles. The molecule has 0 aliphatic heterocycles. The Morgan fingerprint density at radius 1 is 1.06 bits per heavy atom. The van der Waals surface area contributed by atoms with Crippen molar-refractivity contribution in [3.05, 3.63) is 82.7 Å². The highest BCUT2D eigenvalue weighted by Gasteiger charge is 2.23. The summed E-state index contributed by atoms with van der Waals surface area (Å²) in [5, 5.41) is 0. The van der Waals surface area contributed by atoms with Gasteiger partial charge in [0.25, 0.3) is 10.0 Å². The number of hydrogen-bond donors (Lipinski definition) is 0. The van der Waals surface area contributed by atoms with Crippen LogP contribution in [-0.4, -0.2) is 32.6 Å². The number of anilines is 1. The zero-order valence-corrected chi connectivity index (χ0v) is 18.2. The van der Waals surface area contributed by atoms with E-state index in [-0.39, 0.29) is 29.4 Å². The number of fused-ring (bicyclic) bond motifs is 1. The van der Waals surface area contributed by atoms with Gasteiger partial charge in [-0.25, -0.2) is 18.0 Å². The van der Waals surface area contributed by atoms with Gasteiger partial charge in [-0.05, 0) is 43.3 Å². The summed E-state index contributed by atoms with van der Waals surface area (Å²) in [6, 6.07) is 15.9. The van der Waals surface area contributed by atoms with Crippen LogP contribution in [0.1, 0.15) is 23.2 Å². The first-order valence-corrected chi connectivity index (χ1v) is 11.2. The summed E-state index contributed by atoms with van der Waals surface area (Å²) in [4.78, 5) is 24.2. The van der Waals surface area contributed by atoms with Crippen LogP contribution in [-0.2, 0) is 21.3 Å². The van der Waals surface area contributed by atoms with Crippen molar-refractivity contribution in [2.45, 2.75) is 18.4 Å². The maximum absolute atomic E-state index is 13.0. The Kier molecular flexibility index (Phi) is 5.62. The maximum Gasteiger partial charge on any atom is 0.420 e. The lowest BCUT2D eigenvalue weighted by atomic mass is 10.3. The fraction of sp³-hybridized carbons (Fsp3) is 0.182. The van der Waals surface area contributed by atoms with Gasteiger partial charge in [0.05, 0.1) is 29.3 Å². The lowest BCUT2D eigenvalue weighted by Gasteiger charge is -2.19. The van der Waals surface area contributed by atoms with E-state index in [2.05, 4.69) is 0 Å². The quantitative estimate of drug-likeness (QED) is 0.393. The predicted octanol–water partition coefficient (Wildman–Crippen LogP) is 3.24. The molecule has 0 amide bonds. The molecule has 0 spiro atoms. The molecule has 0 aliphatic rings.